The second-order valence-electron chi connectivity index (χ2n) is 4.03. The molecule has 1 amide bonds. The van der Waals surface area contributed by atoms with Crippen molar-refractivity contribution in [2.75, 3.05) is 6.54 Å². The van der Waals surface area contributed by atoms with Crippen LogP contribution in [0.2, 0.25) is 0 Å². The summed E-state index contributed by atoms with van der Waals surface area (Å²) < 4.78 is 2.81. The topological polar surface area (TPSA) is 81.8 Å². The molecule has 0 aliphatic heterocycles. The van der Waals surface area contributed by atoms with E-state index in [0.717, 1.165) is 6.42 Å². The minimum Gasteiger partial charge on any atom is -0.355 e. The summed E-state index contributed by atoms with van der Waals surface area (Å²) >= 11 is 0. The zero-order valence-electron chi connectivity index (χ0n) is 10.4. The Morgan fingerprint density at radius 1 is 1.50 bits per heavy atom. The molecule has 96 valence electrons. The zero-order valence-corrected chi connectivity index (χ0v) is 10.4. The summed E-state index contributed by atoms with van der Waals surface area (Å²) in [5.41, 5.74) is 0.268. The Morgan fingerprint density at radius 2 is 2.28 bits per heavy atom. The lowest BCUT2D eigenvalue weighted by atomic mass is 10.4. The first-order valence-electron chi connectivity index (χ1n) is 5.77. The van der Waals surface area contributed by atoms with Crippen LogP contribution in [0.3, 0.4) is 0 Å². The third-order valence-electron chi connectivity index (χ3n) is 2.60. The predicted molar refractivity (Wildman–Crippen MR) is 66.1 cm³/mol. The van der Waals surface area contributed by atoms with E-state index in [2.05, 4.69) is 15.4 Å². The van der Waals surface area contributed by atoms with Crippen LogP contribution in [-0.2, 0) is 18.4 Å². The van der Waals surface area contributed by atoms with Crippen LogP contribution in [0, 0.1) is 0 Å². The van der Waals surface area contributed by atoms with Crippen LogP contribution < -0.4 is 10.9 Å². The van der Waals surface area contributed by atoms with Crippen molar-refractivity contribution in [3.8, 4) is 0 Å². The summed E-state index contributed by atoms with van der Waals surface area (Å²) in [5.74, 6) is -0.191. The molecule has 0 aliphatic rings. The molecule has 2 heterocycles. The van der Waals surface area contributed by atoms with Gasteiger partial charge in [-0.15, -0.1) is 0 Å². The van der Waals surface area contributed by atoms with Crippen LogP contribution >= 0.6 is 0 Å². The van der Waals surface area contributed by atoms with Gasteiger partial charge in [-0.05, 0) is 6.42 Å². The molecule has 0 spiro atoms. The lowest BCUT2D eigenvalue weighted by molar-refractivity contribution is -0.121. The number of aryl methyl sites for hydroxylation is 1. The average molecular weight is 249 g/mol. The molecule has 7 heteroatoms. The number of carbonyl (C=O) groups is 1. The maximum Gasteiger partial charge on any atom is 0.264 e. The standard InChI is InChI=1S/C11H15N5O2/c1-3-4-12-9(17)6-16-7-13-10-8(11(16)18)5-14-15(10)2/h5,7H,3-4,6H2,1-2H3,(H,12,17). The highest BCUT2D eigenvalue weighted by Gasteiger charge is 2.10. The van der Waals surface area contributed by atoms with Gasteiger partial charge in [-0.2, -0.15) is 5.10 Å². The SMILES string of the molecule is CCCNC(=O)Cn1cnc2c(cnn2C)c1=O. The number of rotatable bonds is 4. The monoisotopic (exact) mass is 249 g/mol. The van der Waals surface area contributed by atoms with Crippen LogP contribution in [0.4, 0.5) is 0 Å². The molecule has 2 aromatic heterocycles. The summed E-state index contributed by atoms with van der Waals surface area (Å²) in [6.07, 6.45) is 3.70. The van der Waals surface area contributed by atoms with Crippen LogP contribution in [0.5, 0.6) is 0 Å². The van der Waals surface area contributed by atoms with E-state index in [4.69, 9.17) is 0 Å². The van der Waals surface area contributed by atoms with Crippen molar-refractivity contribution in [1.82, 2.24) is 24.6 Å². The first-order valence-corrected chi connectivity index (χ1v) is 5.77. The third kappa shape index (κ3) is 2.24. The molecule has 0 unspecified atom stereocenters. The quantitative estimate of drug-likeness (QED) is 0.803. The highest BCUT2D eigenvalue weighted by Crippen LogP contribution is 2.02. The van der Waals surface area contributed by atoms with E-state index in [9.17, 15) is 9.59 Å². The van der Waals surface area contributed by atoms with Gasteiger partial charge in [0.25, 0.3) is 5.56 Å². The Kier molecular flexibility index (Phi) is 3.40. The Morgan fingerprint density at radius 3 is 3.00 bits per heavy atom. The van der Waals surface area contributed by atoms with Gasteiger partial charge in [0.05, 0.1) is 6.20 Å². The maximum absolute atomic E-state index is 12.0. The number of hydrogen-bond acceptors (Lipinski definition) is 4. The van der Waals surface area contributed by atoms with E-state index in [0.29, 0.717) is 17.6 Å². The molecule has 0 bridgehead atoms. The summed E-state index contributed by atoms with van der Waals surface area (Å²) in [5, 5.41) is 7.10. The van der Waals surface area contributed by atoms with Crippen molar-refractivity contribution in [3.63, 3.8) is 0 Å². The van der Waals surface area contributed by atoms with Gasteiger partial charge in [-0.1, -0.05) is 6.92 Å². The number of carbonyl (C=O) groups excluding carboxylic acids is 1. The minimum absolute atomic E-state index is 0.0172. The van der Waals surface area contributed by atoms with Gasteiger partial charge in [-0.25, -0.2) is 4.98 Å². The molecule has 0 saturated carbocycles. The fourth-order valence-electron chi connectivity index (χ4n) is 1.65. The lowest BCUT2D eigenvalue weighted by Crippen LogP contribution is -2.32. The fourth-order valence-corrected chi connectivity index (χ4v) is 1.65. The first-order chi connectivity index (χ1) is 8.63. The number of hydrogen-bond donors (Lipinski definition) is 1. The normalized spacial score (nSPS) is 10.8. The molecule has 7 nitrogen and oxygen atoms in total. The highest BCUT2D eigenvalue weighted by molar-refractivity contribution is 5.77. The number of nitrogens with one attached hydrogen (secondary N) is 1. The van der Waals surface area contributed by atoms with E-state index in [1.807, 2.05) is 6.92 Å². The van der Waals surface area contributed by atoms with Crippen molar-refractivity contribution < 1.29 is 4.79 Å². The van der Waals surface area contributed by atoms with Crippen LogP contribution in [0.25, 0.3) is 11.0 Å². The van der Waals surface area contributed by atoms with E-state index in [1.165, 1.54) is 21.8 Å². The van der Waals surface area contributed by atoms with Gasteiger partial charge in [0.2, 0.25) is 5.91 Å². The van der Waals surface area contributed by atoms with Crippen molar-refractivity contribution in [3.05, 3.63) is 22.9 Å². The van der Waals surface area contributed by atoms with E-state index in [-0.39, 0.29) is 18.0 Å². The molecule has 0 aliphatic carbocycles. The Balaban J connectivity index is 2.27. The Labute approximate surface area is 103 Å². The molecule has 0 saturated heterocycles. The van der Waals surface area contributed by atoms with Gasteiger partial charge in [-0.3, -0.25) is 18.8 Å². The summed E-state index contributed by atoms with van der Waals surface area (Å²) in [4.78, 5) is 27.7. The molecule has 18 heavy (non-hydrogen) atoms. The van der Waals surface area contributed by atoms with Crippen LogP contribution in [0.1, 0.15) is 13.3 Å². The van der Waals surface area contributed by atoms with Gasteiger partial charge in [0, 0.05) is 13.6 Å². The molecule has 0 aromatic carbocycles. The zero-order chi connectivity index (χ0) is 13.1. The first kappa shape index (κ1) is 12.3. The van der Waals surface area contributed by atoms with E-state index < -0.39 is 0 Å². The number of fused-ring (bicyclic) bond motifs is 1. The number of amides is 1. The minimum atomic E-state index is -0.250. The molecular weight excluding hydrogens is 234 g/mol. The molecule has 0 atom stereocenters. The predicted octanol–water partition coefficient (Wildman–Crippen LogP) is -0.344. The van der Waals surface area contributed by atoms with Gasteiger partial charge in [0.15, 0.2) is 5.65 Å². The third-order valence-corrected chi connectivity index (χ3v) is 2.60. The Hall–Kier alpha value is -2.18. The number of nitrogens with zero attached hydrogens (tertiary/aromatic N) is 4. The van der Waals surface area contributed by atoms with Gasteiger partial charge >= 0.3 is 0 Å². The molecular formula is C11H15N5O2. The highest BCUT2D eigenvalue weighted by atomic mass is 16.2. The second kappa shape index (κ2) is 4.99. The summed E-state index contributed by atoms with van der Waals surface area (Å²) in [6, 6.07) is 0. The average Bonchev–Trinajstić information content (AvgIpc) is 2.73. The molecule has 0 radical (unpaired) electrons. The van der Waals surface area contributed by atoms with Crippen molar-refractivity contribution >= 4 is 16.9 Å². The van der Waals surface area contributed by atoms with Gasteiger partial charge < -0.3 is 5.32 Å². The number of aromatic nitrogens is 4. The largest absolute Gasteiger partial charge is 0.355 e. The summed E-state index contributed by atoms with van der Waals surface area (Å²) in [7, 11) is 1.72. The van der Waals surface area contributed by atoms with Crippen LogP contribution in [0.15, 0.2) is 17.3 Å². The molecule has 0 fully saturated rings. The summed E-state index contributed by atoms with van der Waals surface area (Å²) in [6.45, 7) is 2.56. The molecule has 2 aromatic rings. The molecule has 1 N–H and O–H groups in total. The maximum atomic E-state index is 12.0. The van der Waals surface area contributed by atoms with Gasteiger partial charge in [0.1, 0.15) is 18.3 Å². The smallest absolute Gasteiger partial charge is 0.264 e. The van der Waals surface area contributed by atoms with Crippen molar-refractivity contribution in [1.29, 1.82) is 0 Å². The van der Waals surface area contributed by atoms with Crippen LogP contribution in [-0.4, -0.2) is 31.8 Å². The Bertz CT molecular complexity index is 628. The van der Waals surface area contributed by atoms with E-state index >= 15 is 0 Å². The lowest BCUT2D eigenvalue weighted by Gasteiger charge is -2.05. The fraction of sp³-hybridized carbons (Fsp3) is 0.455. The van der Waals surface area contributed by atoms with Crippen molar-refractivity contribution in [2.45, 2.75) is 19.9 Å². The second-order valence-corrected chi connectivity index (χ2v) is 4.03. The van der Waals surface area contributed by atoms with Crippen molar-refractivity contribution in [2.24, 2.45) is 7.05 Å². The molecule has 2 rings (SSSR count). The van der Waals surface area contributed by atoms with E-state index in [1.54, 1.807) is 7.05 Å².